The molecule has 0 bridgehead atoms. The predicted molar refractivity (Wildman–Crippen MR) is 117 cm³/mol. The lowest BCUT2D eigenvalue weighted by Crippen LogP contribution is -2.43. The smallest absolute Gasteiger partial charge is 0.338 e. The molecule has 0 aromatic heterocycles. The van der Waals surface area contributed by atoms with E-state index in [1.165, 1.54) is 12.1 Å². The summed E-state index contributed by atoms with van der Waals surface area (Å²) in [6.45, 7) is -0.621. The maximum absolute atomic E-state index is 12.8. The van der Waals surface area contributed by atoms with Crippen LogP contribution in [0.5, 0.6) is 0 Å². The quantitative estimate of drug-likeness (QED) is 0.409. The van der Waals surface area contributed by atoms with Crippen LogP contribution < -0.4 is 15.8 Å². The molecule has 2 atom stereocenters. The van der Waals surface area contributed by atoms with Crippen LogP contribution in [-0.2, 0) is 19.1 Å². The van der Waals surface area contributed by atoms with E-state index in [-0.39, 0.29) is 29.2 Å². The Kier molecular flexibility index (Phi) is 6.48. The zero-order valence-electron chi connectivity index (χ0n) is 17.8. The van der Waals surface area contributed by atoms with Crippen LogP contribution >= 0.6 is 0 Å². The molecule has 9 nitrogen and oxygen atoms in total. The maximum atomic E-state index is 12.8. The Morgan fingerprint density at radius 1 is 0.848 bits per heavy atom. The van der Waals surface area contributed by atoms with Crippen LogP contribution in [0, 0.1) is 11.8 Å². The Bertz CT molecular complexity index is 1080. The van der Waals surface area contributed by atoms with E-state index in [0.717, 1.165) is 17.7 Å². The number of esters is 1. The number of nitrogens with zero attached hydrogens (tertiary/aromatic N) is 1. The minimum absolute atomic E-state index is 0.101. The van der Waals surface area contributed by atoms with Crippen molar-refractivity contribution in [1.82, 2.24) is 10.9 Å². The van der Waals surface area contributed by atoms with Gasteiger partial charge in [-0.3, -0.25) is 34.9 Å². The number of hydrazine groups is 1. The third-order valence-corrected chi connectivity index (χ3v) is 5.87. The Hall–Kier alpha value is -4.01. The first kappa shape index (κ1) is 22.2. The zero-order chi connectivity index (χ0) is 23.4. The fourth-order valence-electron chi connectivity index (χ4n) is 4.23. The number of carbonyl (C=O) groups excluding carboxylic acids is 5. The van der Waals surface area contributed by atoms with Gasteiger partial charge in [-0.15, -0.1) is 0 Å². The number of hydrogen-bond donors (Lipinski definition) is 2. The molecule has 0 radical (unpaired) electrons. The molecule has 2 N–H and O–H groups in total. The first-order valence-electron chi connectivity index (χ1n) is 10.7. The third kappa shape index (κ3) is 4.77. The molecule has 1 aliphatic heterocycles. The summed E-state index contributed by atoms with van der Waals surface area (Å²) in [5, 5.41) is 0. The molecule has 1 heterocycles. The number of carbonyl (C=O) groups is 5. The van der Waals surface area contributed by atoms with Crippen LogP contribution in [0.1, 0.15) is 46.4 Å². The molecule has 2 aliphatic rings. The number of imide groups is 1. The van der Waals surface area contributed by atoms with Gasteiger partial charge in [0.1, 0.15) is 0 Å². The molecule has 2 aromatic carbocycles. The predicted octanol–water partition coefficient (Wildman–Crippen LogP) is 1.98. The lowest BCUT2D eigenvalue weighted by Gasteiger charge is -2.19. The van der Waals surface area contributed by atoms with Gasteiger partial charge in [0.25, 0.3) is 11.8 Å². The van der Waals surface area contributed by atoms with Crippen molar-refractivity contribution in [3.63, 3.8) is 0 Å². The highest BCUT2D eigenvalue weighted by Crippen LogP contribution is 2.40. The molecule has 9 heteroatoms. The van der Waals surface area contributed by atoms with Crippen LogP contribution in [0.4, 0.5) is 5.69 Å². The van der Waals surface area contributed by atoms with Crippen LogP contribution in [0.25, 0.3) is 0 Å². The van der Waals surface area contributed by atoms with Gasteiger partial charge in [0.2, 0.25) is 11.8 Å². The maximum Gasteiger partial charge on any atom is 0.338 e. The van der Waals surface area contributed by atoms with E-state index in [4.69, 9.17) is 4.74 Å². The molecule has 2 aromatic rings. The minimum Gasteiger partial charge on any atom is -0.452 e. The van der Waals surface area contributed by atoms with Crippen molar-refractivity contribution in [2.75, 3.05) is 11.5 Å². The molecule has 4 amide bonds. The molecule has 2 fully saturated rings. The average molecular weight is 449 g/mol. The number of anilines is 1. The molecule has 4 rings (SSSR count). The SMILES string of the molecule is O=C(COC(=O)c1cccc(N2C(=O)[C@H]3CCCC[C@@H]3C2=O)c1)NNC(=O)c1ccccc1. The van der Waals surface area contributed by atoms with Gasteiger partial charge in [-0.1, -0.05) is 37.1 Å². The molecule has 0 spiro atoms. The van der Waals surface area contributed by atoms with E-state index >= 15 is 0 Å². The normalized spacial score (nSPS) is 19.6. The molecular weight excluding hydrogens is 426 g/mol. The van der Waals surface area contributed by atoms with Crippen LogP contribution in [0.15, 0.2) is 54.6 Å². The van der Waals surface area contributed by atoms with Gasteiger partial charge in [-0.25, -0.2) is 4.79 Å². The molecule has 0 unspecified atom stereocenters. The van der Waals surface area contributed by atoms with Crippen molar-refractivity contribution in [1.29, 1.82) is 0 Å². The van der Waals surface area contributed by atoms with E-state index in [1.54, 1.807) is 42.5 Å². The first-order chi connectivity index (χ1) is 16.0. The average Bonchev–Trinajstić information content (AvgIpc) is 3.11. The molecule has 1 saturated carbocycles. The number of nitrogens with one attached hydrogen (secondary N) is 2. The summed E-state index contributed by atoms with van der Waals surface area (Å²) < 4.78 is 5.00. The number of ether oxygens (including phenoxy) is 1. The van der Waals surface area contributed by atoms with E-state index in [0.29, 0.717) is 24.1 Å². The van der Waals surface area contributed by atoms with E-state index in [1.807, 2.05) is 0 Å². The second-order valence-corrected chi connectivity index (χ2v) is 8.00. The molecule has 1 saturated heterocycles. The highest BCUT2D eigenvalue weighted by atomic mass is 16.5. The van der Waals surface area contributed by atoms with Gasteiger partial charge in [-0.2, -0.15) is 0 Å². The summed E-state index contributed by atoms with van der Waals surface area (Å²) in [6.07, 6.45) is 3.25. The zero-order valence-corrected chi connectivity index (χ0v) is 17.8. The van der Waals surface area contributed by atoms with Crippen molar-refractivity contribution in [3.05, 3.63) is 65.7 Å². The van der Waals surface area contributed by atoms with Gasteiger partial charge < -0.3 is 4.74 Å². The van der Waals surface area contributed by atoms with E-state index < -0.39 is 24.4 Å². The Morgan fingerprint density at radius 3 is 2.15 bits per heavy atom. The second kappa shape index (κ2) is 9.64. The summed E-state index contributed by atoms with van der Waals surface area (Å²) in [5.41, 5.74) is 5.17. The molecular formula is C24H23N3O6. The highest BCUT2D eigenvalue weighted by Gasteiger charge is 2.48. The number of benzene rings is 2. The van der Waals surface area contributed by atoms with Gasteiger partial charge in [0, 0.05) is 5.56 Å². The monoisotopic (exact) mass is 449 g/mol. The van der Waals surface area contributed by atoms with Crippen LogP contribution in [0.3, 0.4) is 0 Å². The Morgan fingerprint density at radius 2 is 1.48 bits per heavy atom. The number of rotatable bonds is 5. The number of fused-ring (bicyclic) bond motifs is 1. The molecule has 33 heavy (non-hydrogen) atoms. The summed E-state index contributed by atoms with van der Waals surface area (Å²) in [5.74, 6) is -3.08. The van der Waals surface area contributed by atoms with Gasteiger partial charge >= 0.3 is 5.97 Å². The Labute approximate surface area is 190 Å². The first-order valence-corrected chi connectivity index (χ1v) is 10.7. The fraction of sp³-hybridized carbons (Fsp3) is 0.292. The van der Waals surface area contributed by atoms with Crippen molar-refractivity contribution >= 4 is 35.3 Å². The van der Waals surface area contributed by atoms with Gasteiger partial charge in [-0.05, 0) is 43.2 Å². The summed E-state index contributed by atoms with van der Waals surface area (Å²) in [7, 11) is 0. The minimum atomic E-state index is -0.794. The van der Waals surface area contributed by atoms with Gasteiger partial charge in [0.05, 0.1) is 23.1 Å². The van der Waals surface area contributed by atoms with E-state index in [2.05, 4.69) is 10.9 Å². The standard InChI is InChI=1S/C24H23N3O6/c28-20(25-26-21(29)15-7-2-1-3-8-15)14-33-24(32)16-9-6-10-17(13-16)27-22(30)18-11-4-5-12-19(18)23(27)31/h1-3,6-10,13,18-19H,4-5,11-12,14H2,(H,25,28)(H,26,29)/t18-,19-/m0/s1. The van der Waals surface area contributed by atoms with Crippen molar-refractivity contribution < 1.29 is 28.7 Å². The molecule has 170 valence electrons. The largest absolute Gasteiger partial charge is 0.452 e. The third-order valence-electron chi connectivity index (χ3n) is 5.87. The lowest BCUT2D eigenvalue weighted by molar-refractivity contribution is -0.125. The van der Waals surface area contributed by atoms with Gasteiger partial charge in [0.15, 0.2) is 6.61 Å². The lowest BCUT2D eigenvalue weighted by atomic mass is 9.81. The van der Waals surface area contributed by atoms with Crippen LogP contribution in [0.2, 0.25) is 0 Å². The number of hydrogen-bond acceptors (Lipinski definition) is 6. The van der Waals surface area contributed by atoms with Crippen molar-refractivity contribution in [3.8, 4) is 0 Å². The highest BCUT2D eigenvalue weighted by molar-refractivity contribution is 6.22. The Balaban J connectivity index is 1.33. The van der Waals surface area contributed by atoms with Crippen molar-refractivity contribution in [2.24, 2.45) is 11.8 Å². The topological polar surface area (TPSA) is 122 Å². The second-order valence-electron chi connectivity index (χ2n) is 8.00. The van der Waals surface area contributed by atoms with Crippen molar-refractivity contribution in [2.45, 2.75) is 25.7 Å². The van der Waals surface area contributed by atoms with E-state index in [9.17, 15) is 24.0 Å². The summed E-state index contributed by atoms with van der Waals surface area (Å²) in [6, 6.07) is 14.3. The summed E-state index contributed by atoms with van der Waals surface area (Å²) >= 11 is 0. The number of amides is 4. The summed E-state index contributed by atoms with van der Waals surface area (Å²) in [4.78, 5) is 63.0. The van der Waals surface area contributed by atoms with Crippen LogP contribution in [-0.4, -0.2) is 36.2 Å². The fourth-order valence-corrected chi connectivity index (χ4v) is 4.23. The molecule has 1 aliphatic carbocycles.